The van der Waals surface area contributed by atoms with Crippen molar-refractivity contribution in [3.05, 3.63) is 36.4 Å². The lowest BCUT2D eigenvalue weighted by Gasteiger charge is -2.30. The van der Waals surface area contributed by atoms with Gasteiger partial charge in [-0.3, -0.25) is 9.47 Å². The van der Waals surface area contributed by atoms with Crippen LogP contribution in [0.4, 0.5) is 132 Å². The largest absolute Gasteiger partial charge is 0.476 e. The van der Waals surface area contributed by atoms with Crippen molar-refractivity contribution in [1.82, 2.24) is 0 Å². The summed E-state index contributed by atoms with van der Waals surface area (Å²) in [5.41, 5.74) is 0. The summed E-state index contributed by atoms with van der Waals surface area (Å²) in [6.45, 7) is -3.61. The first-order chi connectivity index (χ1) is 26.2. The molecule has 0 rings (SSSR count). The smallest absolute Gasteiger partial charge is 0.397 e. The van der Waals surface area contributed by atoms with Gasteiger partial charge in [0.05, 0.1) is 26.4 Å². The summed E-state index contributed by atoms with van der Waals surface area (Å²) in [6.07, 6.45) is -63.4. The fraction of sp³-hybridized carbons (Fsp3) is 0.739. The average molecular weight is 974 g/mol. The summed E-state index contributed by atoms with van der Waals surface area (Å²) in [6, 6.07) is -3.52. The van der Waals surface area contributed by atoms with Gasteiger partial charge in [0.25, 0.3) is 12.7 Å². The van der Waals surface area contributed by atoms with Crippen molar-refractivity contribution < 1.29 is 166 Å². The lowest BCUT2D eigenvalue weighted by atomic mass is 10.3. The van der Waals surface area contributed by atoms with E-state index in [1.54, 1.807) is 0 Å². The summed E-state index contributed by atoms with van der Waals surface area (Å²) in [4.78, 5) is 0. The SMILES string of the molecule is FC(F)=C(F)OC(F)(F)C(F)(F)C(F)(F)F.FC(OC(F)(F)C(F)(F)C(F)(F)F)C(F)(F)OC/C=C/COC(F)(F)C(F)OC(F)(F)C(F)(F)C(F)(F)F.OC/C=C/CO. The Labute approximate surface area is 309 Å². The Hall–Kier alpha value is -3.32. The van der Waals surface area contributed by atoms with Crippen molar-refractivity contribution in [1.29, 1.82) is 0 Å². The third-order valence-electron chi connectivity index (χ3n) is 4.85. The first kappa shape index (κ1) is 61.0. The monoisotopic (exact) mass is 974 g/mol. The number of hydrogen-bond acceptors (Lipinski definition) is 7. The molecule has 2 atom stereocenters. The molecule has 0 heterocycles. The van der Waals surface area contributed by atoms with Gasteiger partial charge in [0.1, 0.15) is 0 Å². The van der Waals surface area contributed by atoms with Crippen molar-refractivity contribution in [2.45, 2.75) is 79.6 Å². The van der Waals surface area contributed by atoms with E-state index in [1.165, 1.54) is 12.2 Å². The van der Waals surface area contributed by atoms with Crippen LogP contribution in [0, 0.1) is 0 Å². The van der Waals surface area contributed by atoms with Gasteiger partial charge in [0.15, 0.2) is 0 Å². The summed E-state index contributed by atoms with van der Waals surface area (Å²) in [7, 11) is 0. The number of hydrogen-bond donors (Lipinski definition) is 2. The molecular weight excluding hydrogens is 958 g/mol. The molecule has 360 valence electrons. The predicted molar refractivity (Wildman–Crippen MR) is 125 cm³/mol. The topological polar surface area (TPSA) is 86.6 Å². The molecule has 0 bridgehead atoms. The third kappa shape index (κ3) is 17.2. The quantitative estimate of drug-likeness (QED) is 0.0758. The van der Waals surface area contributed by atoms with Gasteiger partial charge in [-0.1, -0.05) is 24.3 Å². The van der Waals surface area contributed by atoms with Crippen LogP contribution in [0.1, 0.15) is 0 Å². The van der Waals surface area contributed by atoms with Gasteiger partial charge < -0.3 is 24.4 Å². The fourth-order valence-corrected chi connectivity index (χ4v) is 1.99. The number of halogens is 30. The van der Waals surface area contributed by atoms with Crippen molar-refractivity contribution in [2.24, 2.45) is 0 Å². The molecule has 0 spiro atoms. The minimum Gasteiger partial charge on any atom is -0.397 e. The van der Waals surface area contributed by atoms with Gasteiger partial charge in [0.2, 0.25) is 0 Å². The average Bonchev–Trinajstić information content (AvgIpc) is 3.03. The van der Waals surface area contributed by atoms with E-state index in [1.807, 2.05) is 4.74 Å². The number of aliphatic hydroxyl groups excluding tert-OH is 2. The molecule has 2 N–H and O–H groups in total. The van der Waals surface area contributed by atoms with Crippen LogP contribution in [-0.2, 0) is 23.7 Å². The molecular formula is C23H16F30O7. The highest BCUT2D eigenvalue weighted by Gasteiger charge is 2.78. The van der Waals surface area contributed by atoms with Gasteiger partial charge in [-0.25, -0.2) is 8.78 Å². The fourth-order valence-electron chi connectivity index (χ4n) is 1.99. The molecule has 37 heteroatoms. The minimum absolute atomic E-state index is 0.000323. The zero-order valence-corrected chi connectivity index (χ0v) is 27.1. The van der Waals surface area contributed by atoms with E-state index in [-0.39, 0.29) is 25.4 Å². The van der Waals surface area contributed by atoms with E-state index in [9.17, 15) is 132 Å². The van der Waals surface area contributed by atoms with E-state index in [2.05, 4.69) is 18.9 Å². The summed E-state index contributed by atoms with van der Waals surface area (Å²) in [5, 5.41) is 16.0. The predicted octanol–water partition coefficient (Wildman–Crippen LogP) is 10.3. The van der Waals surface area contributed by atoms with E-state index in [0.717, 1.165) is 0 Å². The van der Waals surface area contributed by atoms with Gasteiger partial charge in [0, 0.05) is 0 Å². The van der Waals surface area contributed by atoms with E-state index < -0.39 is 105 Å². The van der Waals surface area contributed by atoms with Gasteiger partial charge >= 0.3 is 78.9 Å². The van der Waals surface area contributed by atoms with Crippen LogP contribution >= 0.6 is 0 Å². The molecule has 0 radical (unpaired) electrons. The van der Waals surface area contributed by atoms with Crippen LogP contribution in [0.5, 0.6) is 0 Å². The van der Waals surface area contributed by atoms with Gasteiger partial charge in [-0.05, 0) is 0 Å². The number of ether oxygens (including phenoxy) is 5. The second-order valence-electron chi connectivity index (χ2n) is 9.32. The third-order valence-corrected chi connectivity index (χ3v) is 4.85. The Balaban J connectivity index is -0.00000121. The molecule has 0 aromatic rings. The highest BCUT2D eigenvalue weighted by molar-refractivity contribution is 4.91. The summed E-state index contributed by atoms with van der Waals surface area (Å²) < 4.78 is 379. The Morgan fingerprint density at radius 3 is 0.883 bits per heavy atom. The summed E-state index contributed by atoms with van der Waals surface area (Å²) in [5.74, 6) is -21.2. The lowest BCUT2D eigenvalue weighted by molar-refractivity contribution is -0.465. The van der Waals surface area contributed by atoms with Crippen LogP contribution in [0.15, 0.2) is 36.4 Å². The van der Waals surface area contributed by atoms with Crippen LogP contribution in [-0.4, -0.2) is 116 Å². The van der Waals surface area contributed by atoms with Crippen molar-refractivity contribution in [3.8, 4) is 0 Å². The van der Waals surface area contributed by atoms with E-state index >= 15 is 0 Å². The van der Waals surface area contributed by atoms with Crippen LogP contribution in [0.25, 0.3) is 0 Å². The second kappa shape index (κ2) is 21.7. The van der Waals surface area contributed by atoms with Gasteiger partial charge in [-0.2, -0.15) is 123 Å². The van der Waals surface area contributed by atoms with Crippen molar-refractivity contribution in [3.63, 3.8) is 0 Å². The summed E-state index contributed by atoms with van der Waals surface area (Å²) >= 11 is 0. The van der Waals surface area contributed by atoms with Crippen LogP contribution in [0.3, 0.4) is 0 Å². The molecule has 0 aromatic heterocycles. The Morgan fingerprint density at radius 2 is 0.667 bits per heavy atom. The minimum atomic E-state index is -7.17. The van der Waals surface area contributed by atoms with Crippen molar-refractivity contribution >= 4 is 0 Å². The highest BCUT2D eigenvalue weighted by atomic mass is 19.4. The molecule has 0 aliphatic heterocycles. The Kier molecular flexibility index (Phi) is 22.0. The molecule has 0 aliphatic carbocycles. The molecule has 0 saturated heterocycles. The molecule has 0 aromatic carbocycles. The number of aliphatic hydroxyl groups is 2. The zero-order chi connectivity index (χ0) is 49.0. The zero-order valence-electron chi connectivity index (χ0n) is 27.1. The maximum Gasteiger partial charge on any atom is 0.476 e. The van der Waals surface area contributed by atoms with Gasteiger partial charge in [-0.15, -0.1) is 0 Å². The molecule has 0 fully saturated rings. The highest BCUT2D eigenvalue weighted by Crippen LogP contribution is 2.51. The maximum atomic E-state index is 13.1. The molecule has 0 amide bonds. The first-order valence-electron chi connectivity index (χ1n) is 13.3. The van der Waals surface area contributed by atoms with E-state index in [0.29, 0.717) is 0 Å². The Bertz CT molecular complexity index is 1290. The molecule has 7 nitrogen and oxygen atoms in total. The van der Waals surface area contributed by atoms with E-state index in [4.69, 9.17) is 10.2 Å². The van der Waals surface area contributed by atoms with Crippen LogP contribution in [0.2, 0.25) is 0 Å². The normalized spacial score (nSPS) is 15.6. The second-order valence-corrected chi connectivity index (χ2v) is 9.32. The Morgan fingerprint density at radius 1 is 0.417 bits per heavy atom. The molecule has 0 saturated carbocycles. The molecule has 0 aliphatic rings. The number of alkyl halides is 27. The molecule has 2 unspecified atom stereocenters. The van der Waals surface area contributed by atoms with Crippen LogP contribution < -0.4 is 0 Å². The standard InChI is InChI=1S/C14H8F20O4.C5F10O.C4H8O2/c15-5(37-13(31,32)9(21,22)11(25,26)27)7(17,18)35-3-1-2-4-36-8(19,20)6(16)38-14(33,34)10(23,24)12(28,29)30;6-1(7)2(8)16-5(14,15)3(9,10)4(11,12)13;5-3-1-2-4-6/h1-2,5-6H,3-4H2;;1-2,5-6H,3-4H2/b2-1+;;2-1+. The lowest BCUT2D eigenvalue weighted by Crippen LogP contribution is -2.56. The first-order valence-corrected chi connectivity index (χ1v) is 13.3. The molecule has 60 heavy (non-hydrogen) atoms. The van der Waals surface area contributed by atoms with Crippen molar-refractivity contribution in [2.75, 3.05) is 26.4 Å². The number of rotatable bonds is 19. The maximum absolute atomic E-state index is 13.1.